The molecule has 2 N–H and O–H groups in total. The Kier molecular flexibility index (Phi) is 12.3. The van der Waals surface area contributed by atoms with E-state index in [2.05, 4.69) is 17.6 Å². The van der Waals surface area contributed by atoms with Gasteiger partial charge in [-0.3, -0.25) is 9.59 Å². The number of rotatable bonds is 12. The summed E-state index contributed by atoms with van der Waals surface area (Å²) in [6, 6.07) is 4.30. The third kappa shape index (κ3) is 9.19. The van der Waals surface area contributed by atoms with E-state index in [0.29, 0.717) is 25.9 Å². The molecule has 0 spiro atoms. The highest BCUT2D eigenvalue weighted by Crippen LogP contribution is 2.29. The van der Waals surface area contributed by atoms with Crippen molar-refractivity contribution in [1.29, 1.82) is 0 Å². The van der Waals surface area contributed by atoms with Crippen LogP contribution in [0.3, 0.4) is 0 Å². The van der Waals surface area contributed by atoms with Gasteiger partial charge in [-0.25, -0.2) is 4.79 Å². The molecule has 0 saturated carbocycles. The summed E-state index contributed by atoms with van der Waals surface area (Å²) < 4.78 is 5.45. The van der Waals surface area contributed by atoms with Crippen molar-refractivity contribution in [3.05, 3.63) is 34.9 Å². The zero-order valence-electron chi connectivity index (χ0n) is 23.3. The molecule has 198 valence electrons. The lowest BCUT2D eigenvalue weighted by atomic mass is 9.92. The van der Waals surface area contributed by atoms with Crippen LogP contribution in [0.25, 0.3) is 0 Å². The Morgan fingerprint density at radius 2 is 1.63 bits per heavy atom. The molecule has 1 rings (SSSR count). The molecular weight excluding hydrogens is 442 g/mol. The molecule has 0 heterocycles. The predicted molar refractivity (Wildman–Crippen MR) is 141 cm³/mol. The van der Waals surface area contributed by atoms with Crippen LogP contribution in [0.2, 0.25) is 0 Å². The van der Waals surface area contributed by atoms with Crippen molar-refractivity contribution in [3.63, 3.8) is 0 Å². The van der Waals surface area contributed by atoms with Gasteiger partial charge in [0.25, 0.3) is 0 Å². The number of unbranched alkanes of at least 4 members (excludes halogenated alkanes) is 1. The fraction of sp³-hybridized carbons (Fsp3) is 0.679. The van der Waals surface area contributed by atoms with E-state index in [1.165, 1.54) is 0 Å². The predicted octanol–water partition coefficient (Wildman–Crippen LogP) is 5.44. The topological polar surface area (TPSA) is 87.7 Å². The molecule has 0 aliphatic rings. The number of aryl methyl sites for hydroxylation is 2. The van der Waals surface area contributed by atoms with Crippen molar-refractivity contribution in [2.24, 2.45) is 5.92 Å². The third-order valence-corrected chi connectivity index (χ3v) is 6.10. The van der Waals surface area contributed by atoms with Crippen LogP contribution in [-0.4, -0.2) is 47.5 Å². The smallest absolute Gasteiger partial charge is 0.408 e. The van der Waals surface area contributed by atoms with Gasteiger partial charge in [0.05, 0.1) is 0 Å². The molecule has 0 fully saturated rings. The first-order valence-corrected chi connectivity index (χ1v) is 13.0. The molecule has 0 aromatic heterocycles. The van der Waals surface area contributed by atoms with E-state index in [1.54, 1.807) is 25.7 Å². The SMILES string of the molecule is CCCCNC(=O)C(c1c(C)cccc1C)N(CCC)C(=O)C(NC(=O)OC(C)(C)C)C(C)CC. The number of hydrogen-bond acceptors (Lipinski definition) is 4. The molecule has 0 aliphatic carbocycles. The molecule has 1 aromatic rings. The fourth-order valence-electron chi connectivity index (χ4n) is 4.08. The Morgan fingerprint density at radius 1 is 1.03 bits per heavy atom. The van der Waals surface area contributed by atoms with Crippen LogP contribution in [0.5, 0.6) is 0 Å². The van der Waals surface area contributed by atoms with Crippen molar-refractivity contribution in [2.75, 3.05) is 13.1 Å². The minimum Gasteiger partial charge on any atom is -0.444 e. The van der Waals surface area contributed by atoms with E-state index in [9.17, 15) is 14.4 Å². The van der Waals surface area contributed by atoms with E-state index in [4.69, 9.17) is 4.74 Å². The molecule has 0 bridgehead atoms. The average molecular weight is 490 g/mol. The van der Waals surface area contributed by atoms with E-state index in [-0.39, 0.29) is 17.7 Å². The van der Waals surface area contributed by atoms with Gasteiger partial charge in [0.1, 0.15) is 17.7 Å². The van der Waals surface area contributed by atoms with Crippen LogP contribution < -0.4 is 10.6 Å². The minimum absolute atomic E-state index is 0.142. The minimum atomic E-state index is -0.809. The summed E-state index contributed by atoms with van der Waals surface area (Å²) in [5, 5.41) is 5.85. The molecular formula is C28H47N3O4. The van der Waals surface area contributed by atoms with Gasteiger partial charge in [-0.1, -0.05) is 58.7 Å². The van der Waals surface area contributed by atoms with Gasteiger partial charge in [-0.2, -0.15) is 0 Å². The van der Waals surface area contributed by atoms with Gasteiger partial charge < -0.3 is 20.3 Å². The molecule has 7 nitrogen and oxygen atoms in total. The van der Waals surface area contributed by atoms with Crippen molar-refractivity contribution in [1.82, 2.24) is 15.5 Å². The largest absolute Gasteiger partial charge is 0.444 e. The van der Waals surface area contributed by atoms with E-state index >= 15 is 0 Å². The van der Waals surface area contributed by atoms with Crippen LogP contribution in [0.15, 0.2) is 18.2 Å². The zero-order valence-corrected chi connectivity index (χ0v) is 23.3. The molecule has 35 heavy (non-hydrogen) atoms. The first-order valence-electron chi connectivity index (χ1n) is 13.0. The molecule has 0 saturated heterocycles. The van der Waals surface area contributed by atoms with Crippen molar-refractivity contribution >= 4 is 17.9 Å². The number of carbonyl (C=O) groups excluding carboxylic acids is 3. The van der Waals surface area contributed by atoms with Crippen LogP contribution in [0, 0.1) is 19.8 Å². The number of amides is 3. The second-order valence-corrected chi connectivity index (χ2v) is 10.4. The second-order valence-electron chi connectivity index (χ2n) is 10.4. The highest BCUT2D eigenvalue weighted by atomic mass is 16.6. The first kappa shape index (κ1) is 30.5. The van der Waals surface area contributed by atoms with Gasteiger partial charge in [0.15, 0.2) is 0 Å². The maximum atomic E-state index is 14.1. The highest BCUT2D eigenvalue weighted by Gasteiger charge is 2.38. The Bertz CT molecular complexity index is 827. The Balaban J connectivity index is 3.51. The molecule has 3 amide bonds. The number of ether oxygens (including phenoxy) is 1. The molecule has 0 radical (unpaired) electrons. The molecule has 3 unspecified atom stereocenters. The van der Waals surface area contributed by atoms with Gasteiger partial charge in [-0.05, 0) is 70.1 Å². The summed E-state index contributed by atoms with van der Waals surface area (Å²) in [6.45, 7) is 18.2. The zero-order chi connectivity index (χ0) is 26.8. The van der Waals surface area contributed by atoms with Crippen molar-refractivity contribution in [3.8, 4) is 0 Å². The Hall–Kier alpha value is -2.57. The number of nitrogens with one attached hydrogen (secondary N) is 2. The number of alkyl carbamates (subject to hydrolysis) is 1. The molecule has 1 aromatic carbocycles. The normalized spacial score (nSPS) is 14.0. The van der Waals surface area contributed by atoms with Crippen molar-refractivity contribution in [2.45, 2.75) is 106 Å². The summed E-state index contributed by atoms with van der Waals surface area (Å²) in [4.78, 5) is 42.0. The lowest BCUT2D eigenvalue weighted by Crippen LogP contribution is -2.55. The maximum Gasteiger partial charge on any atom is 0.408 e. The number of nitrogens with zero attached hydrogens (tertiary/aromatic N) is 1. The van der Waals surface area contributed by atoms with E-state index in [0.717, 1.165) is 29.5 Å². The average Bonchev–Trinajstić information content (AvgIpc) is 2.76. The summed E-state index contributed by atoms with van der Waals surface area (Å²) >= 11 is 0. The second kappa shape index (κ2) is 14.1. The summed E-state index contributed by atoms with van der Waals surface area (Å²) in [7, 11) is 0. The Labute approximate surface area is 212 Å². The van der Waals surface area contributed by atoms with Gasteiger partial charge in [0.2, 0.25) is 11.8 Å². The fourth-order valence-corrected chi connectivity index (χ4v) is 4.08. The number of carbonyl (C=O) groups is 3. The maximum absolute atomic E-state index is 14.1. The van der Waals surface area contributed by atoms with E-state index in [1.807, 2.05) is 52.8 Å². The quantitative estimate of drug-likeness (QED) is 0.383. The van der Waals surface area contributed by atoms with Gasteiger partial charge >= 0.3 is 6.09 Å². The standard InChI is InChI=1S/C28H47N3O4/c1-10-13-17-29-25(32)24(22-20(5)15-14-16-21(22)6)31(18-11-2)26(33)23(19(4)12-3)30-27(34)35-28(7,8)9/h14-16,19,23-24H,10-13,17-18H2,1-9H3,(H,29,32)(H,30,34). The van der Waals surface area contributed by atoms with Crippen LogP contribution >= 0.6 is 0 Å². The summed E-state index contributed by atoms with van der Waals surface area (Å²) in [5.41, 5.74) is 2.06. The Morgan fingerprint density at radius 3 is 2.11 bits per heavy atom. The van der Waals surface area contributed by atoms with Crippen LogP contribution in [0.1, 0.15) is 96.9 Å². The van der Waals surface area contributed by atoms with Gasteiger partial charge in [0, 0.05) is 13.1 Å². The molecule has 7 heteroatoms. The molecule has 0 aliphatic heterocycles. The third-order valence-electron chi connectivity index (χ3n) is 6.10. The lowest BCUT2D eigenvalue weighted by Gasteiger charge is -2.37. The van der Waals surface area contributed by atoms with Gasteiger partial charge in [-0.15, -0.1) is 0 Å². The number of hydrogen-bond donors (Lipinski definition) is 2. The first-order chi connectivity index (χ1) is 16.4. The lowest BCUT2D eigenvalue weighted by molar-refractivity contribution is -0.143. The van der Waals surface area contributed by atoms with E-state index < -0.39 is 23.8 Å². The summed E-state index contributed by atoms with van der Waals surface area (Å²) in [6.07, 6.45) is 2.55. The summed E-state index contributed by atoms with van der Waals surface area (Å²) in [5.74, 6) is -0.612. The molecule has 3 atom stereocenters. The number of benzene rings is 1. The van der Waals surface area contributed by atoms with Crippen LogP contribution in [0.4, 0.5) is 4.79 Å². The van der Waals surface area contributed by atoms with Crippen LogP contribution in [-0.2, 0) is 14.3 Å². The monoisotopic (exact) mass is 489 g/mol. The highest BCUT2D eigenvalue weighted by molar-refractivity contribution is 5.92. The van der Waals surface area contributed by atoms with Crippen molar-refractivity contribution < 1.29 is 19.1 Å².